The van der Waals surface area contributed by atoms with Gasteiger partial charge in [-0.25, -0.2) is 4.79 Å². The van der Waals surface area contributed by atoms with Crippen LogP contribution in [-0.4, -0.2) is 47.6 Å². The largest absolute Gasteiger partial charge is 0.482 e. The lowest BCUT2D eigenvalue weighted by atomic mass is 9.81. The molecule has 1 aliphatic carbocycles. The maximum Gasteiger partial charge on any atom is 0.321 e. The predicted octanol–water partition coefficient (Wildman–Crippen LogP) is 1.74. The van der Waals surface area contributed by atoms with Crippen LogP contribution in [0.1, 0.15) is 19.3 Å². The van der Waals surface area contributed by atoms with E-state index >= 15 is 0 Å². The molecule has 0 unspecified atom stereocenters. The molecular formula is C17H19N3O5. The zero-order valence-corrected chi connectivity index (χ0v) is 13.6. The van der Waals surface area contributed by atoms with E-state index in [0.29, 0.717) is 30.1 Å². The Morgan fingerprint density at radius 3 is 3.00 bits per heavy atom. The van der Waals surface area contributed by atoms with Gasteiger partial charge >= 0.3 is 12.0 Å². The number of likely N-dealkylation sites (tertiary alicyclic amines) is 1. The van der Waals surface area contributed by atoms with Crippen LogP contribution in [0.3, 0.4) is 0 Å². The van der Waals surface area contributed by atoms with Crippen LogP contribution in [0.25, 0.3) is 0 Å². The summed E-state index contributed by atoms with van der Waals surface area (Å²) in [6, 6.07) is 4.68. The monoisotopic (exact) mass is 345 g/mol. The van der Waals surface area contributed by atoms with Gasteiger partial charge in [0.25, 0.3) is 5.91 Å². The molecule has 1 saturated carbocycles. The summed E-state index contributed by atoms with van der Waals surface area (Å²) in [5, 5.41) is 15.1. The van der Waals surface area contributed by atoms with Crippen molar-refractivity contribution < 1.29 is 24.2 Å². The van der Waals surface area contributed by atoms with Gasteiger partial charge in [0, 0.05) is 24.8 Å². The van der Waals surface area contributed by atoms with Gasteiger partial charge in [0.1, 0.15) is 5.75 Å². The van der Waals surface area contributed by atoms with Crippen LogP contribution in [-0.2, 0) is 9.59 Å². The number of rotatable bonds is 2. The summed E-state index contributed by atoms with van der Waals surface area (Å²) in [5.74, 6) is -0.495. The summed E-state index contributed by atoms with van der Waals surface area (Å²) < 4.78 is 5.34. The SMILES string of the molecule is O=C1COc2cc(NC(=O)N3C[C@@H]4CCC[C@@]4(C(=O)O)C3)ccc2N1. The average Bonchev–Trinajstić information content (AvgIpc) is 3.13. The lowest BCUT2D eigenvalue weighted by Gasteiger charge is -2.23. The molecule has 3 N–H and O–H groups in total. The van der Waals surface area contributed by atoms with E-state index in [9.17, 15) is 19.5 Å². The Balaban J connectivity index is 1.46. The number of hydrogen-bond acceptors (Lipinski definition) is 4. The van der Waals surface area contributed by atoms with E-state index in [4.69, 9.17) is 4.74 Å². The van der Waals surface area contributed by atoms with Gasteiger partial charge in [0.15, 0.2) is 6.61 Å². The summed E-state index contributed by atoms with van der Waals surface area (Å²) in [5.41, 5.74) is 0.316. The molecule has 2 fully saturated rings. The highest BCUT2D eigenvalue weighted by molar-refractivity contribution is 5.97. The number of aliphatic carboxylic acids is 1. The first-order valence-electron chi connectivity index (χ1n) is 8.34. The van der Waals surface area contributed by atoms with Gasteiger partial charge in [-0.1, -0.05) is 6.42 Å². The highest BCUT2D eigenvalue weighted by atomic mass is 16.5. The van der Waals surface area contributed by atoms with Crippen LogP contribution in [0.4, 0.5) is 16.2 Å². The second-order valence-electron chi connectivity index (χ2n) is 6.91. The van der Waals surface area contributed by atoms with Crippen molar-refractivity contribution in [2.45, 2.75) is 19.3 Å². The van der Waals surface area contributed by atoms with Crippen molar-refractivity contribution >= 4 is 29.3 Å². The smallest absolute Gasteiger partial charge is 0.321 e. The van der Waals surface area contributed by atoms with Crippen LogP contribution < -0.4 is 15.4 Å². The van der Waals surface area contributed by atoms with Gasteiger partial charge < -0.3 is 25.4 Å². The van der Waals surface area contributed by atoms with Crippen LogP contribution in [0.15, 0.2) is 18.2 Å². The number of benzene rings is 1. The Hall–Kier alpha value is -2.77. The van der Waals surface area contributed by atoms with Crippen LogP contribution >= 0.6 is 0 Å². The van der Waals surface area contributed by atoms with E-state index in [2.05, 4.69) is 10.6 Å². The van der Waals surface area contributed by atoms with E-state index in [-0.39, 0.29) is 31.0 Å². The van der Waals surface area contributed by atoms with E-state index in [1.54, 1.807) is 23.1 Å². The van der Waals surface area contributed by atoms with Crippen LogP contribution in [0, 0.1) is 11.3 Å². The van der Waals surface area contributed by atoms with Crippen molar-refractivity contribution in [1.29, 1.82) is 0 Å². The summed E-state index contributed by atoms with van der Waals surface area (Å²) in [7, 11) is 0. The third-order valence-corrected chi connectivity index (χ3v) is 5.45. The molecule has 1 aromatic carbocycles. The maximum absolute atomic E-state index is 12.5. The zero-order chi connectivity index (χ0) is 17.6. The van der Waals surface area contributed by atoms with E-state index in [1.165, 1.54) is 0 Å². The summed E-state index contributed by atoms with van der Waals surface area (Å²) >= 11 is 0. The number of amides is 3. The quantitative estimate of drug-likeness (QED) is 0.757. The molecule has 0 spiro atoms. The second kappa shape index (κ2) is 5.65. The lowest BCUT2D eigenvalue weighted by Crippen LogP contribution is -2.38. The van der Waals surface area contributed by atoms with E-state index in [0.717, 1.165) is 12.8 Å². The third-order valence-electron chi connectivity index (χ3n) is 5.45. The second-order valence-corrected chi connectivity index (χ2v) is 6.91. The third kappa shape index (κ3) is 2.57. The van der Waals surface area contributed by atoms with Crippen molar-refractivity contribution in [1.82, 2.24) is 4.90 Å². The first-order chi connectivity index (χ1) is 12.0. The molecule has 1 saturated heterocycles. The number of carbonyl (C=O) groups excluding carboxylic acids is 2. The number of anilines is 2. The first kappa shape index (κ1) is 15.7. The molecule has 4 rings (SSSR count). The van der Waals surface area contributed by atoms with Crippen molar-refractivity contribution in [2.75, 3.05) is 30.3 Å². The minimum atomic E-state index is -0.803. The fourth-order valence-corrected chi connectivity index (χ4v) is 4.15. The number of ether oxygens (including phenoxy) is 1. The zero-order valence-electron chi connectivity index (χ0n) is 13.6. The Morgan fingerprint density at radius 1 is 1.40 bits per heavy atom. The van der Waals surface area contributed by atoms with Crippen molar-refractivity contribution in [3.8, 4) is 5.75 Å². The average molecular weight is 345 g/mol. The minimum Gasteiger partial charge on any atom is -0.482 e. The topological polar surface area (TPSA) is 108 Å². The summed E-state index contributed by atoms with van der Waals surface area (Å²) in [6.45, 7) is 0.658. The Kier molecular flexibility index (Phi) is 3.55. The number of carboxylic acid groups (broad SMARTS) is 1. The molecular weight excluding hydrogens is 326 g/mol. The number of carboxylic acids is 1. The number of hydrogen-bond donors (Lipinski definition) is 3. The molecule has 132 valence electrons. The predicted molar refractivity (Wildman–Crippen MR) is 88.6 cm³/mol. The van der Waals surface area contributed by atoms with Crippen molar-refractivity contribution in [3.05, 3.63) is 18.2 Å². The normalized spacial score (nSPS) is 27.1. The summed E-state index contributed by atoms with van der Waals surface area (Å²) in [6.07, 6.45) is 2.38. The van der Waals surface area contributed by atoms with E-state index in [1.807, 2.05) is 0 Å². The van der Waals surface area contributed by atoms with Crippen LogP contribution in [0.2, 0.25) is 0 Å². The molecule has 0 radical (unpaired) electrons. The lowest BCUT2D eigenvalue weighted by molar-refractivity contribution is -0.149. The molecule has 0 bridgehead atoms. The molecule has 3 aliphatic rings. The molecule has 25 heavy (non-hydrogen) atoms. The molecule has 1 aromatic rings. The van der Waals surface area contributed by atoms with Crippen molar-refractivity contribution in [3.63, 3.8) is 0 Å². The number of urea groups is 1. The molecule has 0 aromatic heterocycles. The Morgan fingerprint density at radius 2 is 2.24 bits per heavy atom. The fraction of sp³-hybridized carbons (Fsp3) is 0.471. The molecule has 2 aliphatic heterocycles. The first-order valence-corrected chi connectivity index (χ1v) is 8.34. The minimum absolute atomic E-state index is 0.0258. The number of carbonyl (C=O) groups is 3. The van der Waals surface area contributed by atoms with Gasteiger partial charge in [-0.05, 0) is 30.9 Å². The highest BCUT2D eigenvalue weighted by Gasteiger charge is 2.55. The van der Waals surface area contributed by atoms with Gasteiger partial charge in [0.05, 0.1) is 11.1 Å². The van der Waals surface area contributed by atoms with Crippen LogP contribution in [0.5, 0.6) is 5.75 Å². The number of fused-ring (bicyclic) bond motifs is 2. The number of nitrogens with one attached hydrogen (secondary N) is 2. The Labute approximate surface area is 144 Å². The van der Waals surface area contributed by atoms with Gasteiger partial charge in [0.2, 0.25) is 0 Å². The molecule has 8 nitrogen and oxygen atoms in total. The number of nitrogens with zero attached hydrogens (tertiary/aromatic N) is 1. The highest BCUT2D eigenvalue weighted by Crippen LogP contribution is 2.49. The summed E-state index contributed by atoms with van der Waals surface area (Å²) in [4.78, 5) is 37.1. The van der Waals surface area contributed by atoms with Gasteiger partial charge in [-0.15, -0.1) is 0 Å². The fourth-order valence-electron chi connectivity index (χ4n) is 4.15. The van der Waals surface area contributed by atoms with E-state index < -0.39 is 11.4 Å². The van der Waals surface area contributed by atoms with Crippen molar-refractivity contribution in [2.24, 2.45) is 11.3 Å². The molecule has 2 heterocycles. The standard InChI is InChI=1S/C17H19N3O5/c21-14-8-25-13-6-11(3-4-12(13)19-14)18-16(24)20-7-10-2-1-5-17(10,9-20)15(22)23/h3-4,6,10H,1-2,5,7-9H2,(H,18,24)(H,19,21)(H,22,23)/t10-,17+/m0/s1. The molecule has 8 heteroatoms. The molecule has 3 amide bonds. The Bertz CT molecular complexity index is 765. The van der Waals surface area contributed by atoms with Gasteiger partial charge in [-0.3, -0.25) is 9.59 Å². The maximum atomic E-state index is 12.5. The van der Waals surface area contributed by atoms with Gasteiger partial charge in [-0.2, -0.15) is 0 Å². The molecule has 2 atom stereocenters.